The SMILES string of the molecule is Cc1ccc(CCCC2C[C@@H]2Nc2ccccc2N(Cc2ccc(C)cc2)C2CC2)cc1. The van der Waals surface area contributed by atoms with Crippen molar-refractivity contribution in [2.75, 3.05) is 10.2 Å². The van der Waals surface area contributed by atoms with Gasteiger partial charge < -0.3 is 10.2 Å². The molecule has 1 unspecified atom stereocenters. The largest absolute Gasteiger partial charge is 0.380 e. The van der Waals surface area contributed by atoms with Crippen LogP contribution in [0.2, 0.25) is 0 Å². The Balaban J connectivity index is 1.19. The quantitative estimate of drug-likeness (QED) is 0.367. The molecule has 0 amide bonds. The third kappa shape index (κ3) is 5.35. The molecule has 0 aliphatic heterocycles. The van der Waals surface area contributed by atoms with Crippen molar-refractivity contribution < 1.29 is 0 Å². The summed E-state index contributed by atoms with van der Waals surface area (Å²) in [6.07, 6.45) is 7.74. The number of nitrogens with one attached hydrogen (secondary N) is 1. The molecule has 0 radical (unpaired) electrons. The third-order valence-corrected chi connectivity index (χ3v) is 7.10. The fourth-order valence-electron chi connectivity index (χ4n) is 4.80. The predicted octanol–water partition coefficient (Wildman–Crippen LogP) is 7.30. The van der Waals surface area contributed by atoms with Crippen molar-refractivity contribution in [1.82, 2.24) is 0 Å². The van der Waals surface area contributed by atoms with Gasteiger partial charge in [0.1, 0.15) is 0 Å². The minimum Gasteiger partial charge on any atom is -0.380 e. The van der Waals surface area contributed by atoms with Gasteiger partial charge in [0.15, 0.2) is 0 Å². The van der Waals surface area contributed by atoms with Gasteiger partial charge in [0.25, 0.3) is 0 Å². The van der Waals surface area contributed by atoms with E-state index in [1.807, 2.05) is 0 Å². The average molecular weight is 425 g/mol. The highest BCUT2D eigenvalue weighted by molar-refractivity contribution is 5.71. The van der Waals surface area contributed by atoms with E-state index in [1.54, 1.807) is 0 Å². The van der Waals surface area contributed by atoms with Crippen LogP contribution in [0.4, 0.5) is 11.4 Å². The van der Waals surface area contributed by atoms with Gasteiger partial charge >= 0.3 is 0 Å². The Labute approximate surface area is 193 Å². The van der Waals surface area contributed by atoms with Gasteiger partial charge in [-0.1, -0.05) is 71.8 Å². The van der Waals surface area contributed by atoms with Gasteiger partial charge in [-0.25, -0.2) is 0 Å². The Morgan fingerprint density at radius 3 is 2.16 bits per heavy atom. The molecule has 5 rings (SSSR count). The molecule has 3 aromatic carbocycles. The summed E-state index contributed by atoms with van der Waals surface area (Å²) in [6.45, 7) is 5.32. The number of hydrogen-bond donors (Lipinski definition) is 1. The summed E-state index contributed by atoms with van der Waals surface area (Å²) in [5.74, 6) is 0.819. The smallest absolute Gasteiger partial charge is 0.0607 e. The zero-order chi connectivity index (χ0) is 21.9. The van der Waals surface area contributed by atoms with Crippen LogP contribution >= 0.6 is 0 Å². The molecule has 166 valence electrons. The lowest BCUT2D eigenvalue weighted by Gasteiger charge is -2.28. The fraction of sp³-hybridized carbons (Fsp3) is 0.400. The Bertz CT molecular complexity index is 1020. The van der Waals surface area contributed by atoms with E-state index < -0.39 is 0 Å². The van der Waals surface area contributed by atoms with Crippen LogP contribution in [-0.4, -0.2) is 12.1 Å². The maximum absolute atomic E-state index is 3.91. The number of aryl methyl sites for hydroxylation is 3. The second-order valence-electron chi connectivity index (χ2n) is 9.99. The molecule has 32 heavy (non-hydrogen) atoms. The summed E-state index contributed by atoms with van der Waals surface area (Å²) in [5, 5.41) is 3.91. The molecular weight excluding hydrogens is 388 g/mol. The van der Waals surface area contributed by atoms with Crippen LogP contribution in [0.25, 0.3) is 0 Å². The highest BCUT2D eigenvalue weighted by Gasteiger charge is 2.37. The highest BCUT2D eigenvalue weighted by Crippen LogP contribution is 2.42. The molecular formula is C30H36N2. The van der Waals surface area contributed by atoms with Gasteiger partial charge in [-0.05, 0) is 81.5 Å². The Morgan fingerprint density at radius 1 is 0.812 bits per heavy atom. The third-order valence-electron chi connectivity index (χ3n) is 7.10. The monoisotopic (exact) mass is 424 g/mol. The first-order chi connectivity index (χ1) is 15.7. The van der Waals surface area contributed by atoms with E-state index in [9.17, 15) is 0 Å². The number of para-hydroxylation sites is 2. The first kappa shape index (κ1) is 21.1. The zero-order valence-electron chi connectivity index (χ0n) is 19.6. The molecule has 2 nitrogen and oxygen atoms in total. The summed E-state index contributed by atoms with van der Waals surface area (Å²) in [4.78, 5) is 2.63. The number of nitrogens with zero attached hydrogens (tertiary/aromatic N) is 1. The molecule has 0 spiro atoms. The van der Waals surface area contributed by atoms with Crippen molar-refractivity contribution in [2.45, 2.75) is 71.0 Å². The van der Waals surface area contributed by atoms with Crippen molar-refractivity contribution in [2.24, 2.45) is 5.92 Å². The Morgan fingerprint density at radius 2 is 1.47 bits per heavy atom. The first-order valence-electron chi connectivity index (χ1n) is 12.4. The van der Waals surface area contributed by atoms with E-state index in [4.69, 9.17) is 0 Å². The van der Waals surface area contributed by atoms with E-state index in [0.29, 0.717) is 12.1 Å². The number of benzene rings is 3. The van der Waals surface area contributed by atoms with Crippen molar-refractivity contribution in [3.8, 4) is 0 Å². The maximum atomic E-state index is 3.91. The standard InChI is InChI=1S/C30H36N2/c1-22-10-14-24(15-11-22)6-5-7-26-20-29(26)31-28-8-3-4-9-30(28)32(27-18-19-27)21-25-16-12-23(2)13-17-25/h3-4,8-17,26-27,29,31H,5-7,18-21H2,1-2H3/t26?,29-/m0/s1. The fourth-order valence-corrected chi connectivity index (χ4v) is 4.80. The van der Waals surface area contributed by atoms with Gasteiger partial charge in [-0.3, -0.25) is 0 Å². The molecule has 0 saturated heterocycles. The number of anilines is 2. The van der Waals surface area contributed by atoms with Crippen molar-refractivity contribution >= 4 is 11.4 Å². The van der Waals surface area contributed by atoms with Crippen molar-refractivity contribution in [3.63, 3.8) is 0 Å². The van der Waals surface area contributed by atoms with Gasteiger partial charge in [0, 0.05) is 18.6 Å². The molecule has 0 bridgehead atoms. The molecule has 0 aromatic heterocycles. The first-order valence-corrected chi connectivity index (χ1v) is 12.4. The van der Waals surface area contributed by atoms with Crippen LogP contribution < -0.4 is 10.2 Å². The molecule has 1 N–H and O–H groups in total. The van der Waals surface area contributed by atoms with Crippen LogP contribution in [0, 0.1) is 19.8 Å². The summed E-state index contributed by atoms with van der Waals surface area (Å²) < 4.78 is 0. The molecule has 2 aliphatic carbocycles. The lowest BCUT2D eigenvalue weighted by Crippen LogP contribution is -2.26. The van der Waals surface area contributed by atoms with Crippen LogP contribution in [0.15, 0.2) is 72.8 Å². The summed E-state index contributed by atoms with van der Waals surface area (Å²) in [5.41, 5.74) is 8.25. The van der Waals surface area contributed by atoms with Crippen LogP contribution in [-0.2, 0) is 13.0 Å². The van der Waals surface area contributed by atoms with Gasteiger partial charge in [-0.2, -0.15) is 0 Å². The van der Waals surface area contributed by atoms with E-state index in [-0.39, 0.29) is 0 Å². The van der Waals surface area contributed by atoms with Crippen LogP contribution in [0.1, 0.15) is 54.4 Å². The minimum absolute atomic E-state index is 0.634. The number of rotatable bonds is 10. The van der Waals surface area contributed by atoms with E-state index in [2.05, 4.69) is 96.9 Å². The van der Waals surface area contributed by atoms with Crippen molar-refractivity contribution in [3.05, 3.63) is 95.1 Å². The summed E-state index contributed by atoms with van der Waals surface area (Å²) >= 11 is 0. The van der Waals surface area contributed by atoms with Gasteiger partial charge in [0.2, 0.25) is 0 Å². The molecule has 3 aromatic rings. The molecule has 2 atom stereocenters. The lowest BCUT2D eigenvalue weighted by atomic mass is 10.0. The van der Waals surface area contributed by atoms with Crippen molar-refractivity contribution in [1.29, 1.82) is 0 Å². The van der Waals surface area contributed by atoms with E-state index >= 15 is 0 Å². The molecule has 2 saturated carbocycles. The topological polar surface area (TPSA) is 15.3 Å². The Kier molecular flexibility index (Phi) is 6.21. The molecule has 2 fully saturated rings. The molecule has 0 heterocycles. The predicted molar refractivity (Wildman–Crippen MR) is 136 cm³/mol. The Hall–Kier alpha value is -2.74. The normalized spacial score (nSPS) is 19.6. The summed E-state index contributed by atoms with van der Waals surface area (Å²) in [6, 6.07) is 28.3. The maximum Gasteiger partial charge on any atom is 0.0607 e. The molecule has 2 heteroatoms. The second kappa shape index (κ2) is 9.40. The second-order valence-corrected chi connectivity index (χ2v) is 9.99. The minimum atomic E-state index is 0.634. The van der Waals surface area contributed by atoms with E-state index in [1.165, 1.54) is 72.2 Å². The number of hydrogen-bond acceptors (Lipinski definition) is 2. The highest BCUT2D eigenvalue weighted by atomic mass is 15.2. The van der Waals surface area contributed by atoms with Crippen LogP contribution in [0.3, 0.4) is 0 Å². The zero-order valence-corrected chi connectivity index (χ0v) is 19.6. The average Bonchev–Trinajstić information content (AvgIpc) is 3.73. The molecule has 2 aliphatic rings. The van der Waals surface area contributed by atoms with E-state index in [0.717, 1.165) is 12.5 Å². The van der Waals surface area contributed by atoms with Gasteiger partial charge in [0.05, 0.1) is 11.4 Å². The lowest BCUT2D eigenvalue weighted by molar-refractivity contribution is 0.655. The van der Waals surface area contributed by atoms with Crippen LogP contribution in [0.5, 0.6) is 0 Å². The summed E-state index contributed by atoms with van der Waals surface area (Å²) in [7, 11) is 0. The van der Waals surface area contributed by atoms with Gasteiger partial charge in [-0.15, -0.1) is 0 Å².